The molecule has 3 aliphatic heterocycles. The van der Waals surface area contributed by atoms with Crippen molar-refractivity contribution in [2.24, 2.45) is 17.8 Å². The maximum Gasteiger partial charge on any atom is 0.309 e. The average molecular weight is 362 g/mol. The fourth-order valence-electron chi connectivity index (χ4n) is 4.95. The molecule has 4 aliphatic rings. The molecule has 27 heavy (non-hydrogen) atoms. The van der Waals surface area contributed by atoms with Gasteiger partial charge in [-0.05, 0) is 56.2 Å². The van der Waals surface area contributed by atoms with E-state index < -0.39 is 0 Å². The molecular formula is C23H26N2O2. The van der Waals surface area contributed by atoms with Gasteiger partial charge < -0.3 is 4.74 Å². The predicted molar refractivity (Wildman–Crippen MR) is 105 cm³/mol. The number of pyridine rings is 1. The van der Waals surface area contributed by atoms with Crippen LogP contribution >= 0.6 is 0 Å². The van der Waals surface area contributed by atoms with Gasteiger partial charge in [0, 0.05) is 23.7 Å². The number of fused-ring (bicyclic) bond motifs is 4. The third-order valence-corrected chi connectivity index (χ3v) is 6.65. The van der Waals surface area contributed by atoms with Crippen molar-refractivity contribution in [3.8, 4) is 0 Å². The summed E-state index contributed by atoms with van der Waals surface area (Å²) in [6.45, 7) is 6.14. The largest absolute Gasteiger partial charge is 0.456 e. The van der Waals surface area contributed by atoms with Crippen molar-refractivity contribution in [3.05, 3.63) is 54.7 Å². The van der Waals surface area contributed by atoms with E-state index in [-0.39, 0.29) is 24.0 Å². The van der Waals surface area contributed by atoms with Crippen LogP contribution in [0.3, 0.4) is 0 Å². The third kappa shape index (κ3) is 3.06. The normalized spacial score (nSPS) is 30.8. The number of nitrogens with zero attached hydrogens (tertiary/aromatic N) is 2. The van der Waals surface area contributed by atoms with Crippen LogP contribution in [0.1, 0.15) is 37.4 Å². The summed E-state index contributed by atoms with van der Waals surface area (Å²) in [5.74, 6) is 1.29. The molecular weight excluding hydrogens is 336 g/mol. The Balaban J connectivity index is 1.53. The first kappa shape index (κ1) is 16.9. The SMILES string of the molecule is C=C[C@H]1CN2CC[C@@H]1C[C@@H]2[C@H](OC(=O)C1CC1)c1ccnc2ccccc12. The summed E-state index contributed by atoms with van der Waals surface area (Å²) < 4.78 is 6.20. The molecule has 6 rings (SSSR count). The molecule has 5 atom stereocenters. The first-order chi connectivity index (χ1) is 13.2. The van der Waals surface area contributed by atoms with Crippen LogP contribution in [0.25, 0.3) is 10.9 Å². The van der Waals surface area contributed by atoms with Crippen molar-refractivity contribution >= 4 is 16.9 Å². The molecule has 1 aliphatic carbocycles. The van der Waals surface area contributed by atoms with Gasteiger partial charge in [-0.25, -0.2) is 0 Å². The lowest BCUT2D eigenvalue weighted by Crippen LogP contribution is -2.55. The van der Waals surface area contributed by atoms with Gasteiger partial charge in [0.05, 0.1) is 17.5 Å². The van der Waals surface area contributed by atoms with Crippen molar-refractivity contribution in [2.75, 3.05) is 13.1 Å². The fraction of sp³-hybridized carbons (Fsp3) is 0.478. The number of piperidine rings is 3. The van der Waals surface area contributed by atoms with Crippen LogP contribution < -0.4 is 0 Å². The summed E-state index contributed by atoms with van der Waals surface area (Å²) >= 11 is 0. The van der Waals surface area contributed by atoms with Gasteiger partial charge in [0.2, 0.25) is 0 Å². The summed E-state index contributed by atoms with van der Waals surface area (Å²) in [7, 11) is 0. The molecule has 0 spiro atoms. The Labute approximate surface area is 160 Å². The number of carbonyl (C=O) groups is 1. The first-order valence-corrected chi connectivity index (χ1v) is 10.2. The van der Waals surface area contributed by atoms with E-state index in [2.05, 4.69) is 28.6 Å². The standard InChI is InChI=1S/C23H26N2O2/c1-2-15-14-25-12-10-17(15)13-21(25)22(27-23(26)16-7-8-16)19-9-11-24-20-6-4-3-5-18(19)20/h2-6,9,11,15-17,21-22H,1,7-8,10,12-14H2/t15-,17+,21+,22+/m0/s1. The van der Waals surface area contributed by atoms with Crippen molar-refractivity contribution in [1.29, 1.82) is 0 Å². The van der Waals surface area contributed by atoms with Gasteiger partial charge in [-0.3, -0.25) is 14.7 Å². The zero-order chi connectivity index (χ0) is 18.4. The fourth-order valence-corrected chi connectivity index (χ4v) is 4.95. The van der Waals surface area contributed by atoms with E-state index in [1.807, 2.05) is 30.5 Å². The molecule has 0 radical (unpaired) electrons. The zero-order valence-electron chi connectivity index (χ0n) is 15.6. The summed E-state index contributed by atoms with van der Waals surface area (Å²) in [5.41, 5.74) is 2.06. The van der Waals surface area contributed by atoms with Gasteiger partial charge in [0.25, 0.3) is 0 Å². The van der Waals surface area contributed by atoms with Gasteiger partial charge in [-0.1, -0.05) is 24.3 Å². The van der Waals surface area contributed by atoms with E-state index >= 15 is 0 Å². The van der Waals surface area contributed by atoms with E-state index in [9.17, 15) is 4.79 Å². The molecule has 0 N–H and O–H groups in total. The number of para-hydroxylation sites is 1. The van der Waals surface area contributed by atoms with Gasteiger partial charge in [0.1, 0.15) is 6.10 Å². The molecule has 1 aromatic carbocycles. The molecule has 140 valence electrons. The molecule has 2 aromatic rings. The Kier molecular flexibility index (Phi) is 4.24. The molecule has 4 heteroatoms. The summed E-state index contributed by atoms with van der Waals surface area (Å²) in [4.78, 5) is 19.6. The minimum Gasteiger partial charge on any atom is -0.456 e. The molecule has 4 fully saturated rings. The summed E-state index contributed by atoms with van der Waals surface area (Å²) in [6.07, 6.45) is 7.96. The molecule has 1 aromatic heterocycles. The van der Waals surface area contributed by atoms with Crippen LogP contribution in [0.15, 0.2) is 49.2 Å². The number of hydrogen-bond donors (Lipinski definition) is 0. The van der Waals surface area contributed by atoms with Crippen LogP contribution in [0.4, 0.5) is 0 Å². The number of rotatable bonds is 5. The van der Waals surface area contributed by atoms with Crippen LogP contribution in [0.5, 0.6) is 0 Å². The lowest BCUT2D eigenvalue weighted by molar-refractivity contribution is -0.158. The number of esters is 1. The quantitative estimate of drug-likeness (QED) is 0.593. The lowest BCUT2D eigenvalue weighted by atomic mass is 9.73. The second-order valence-corrected chi connectivity index (χ2v) is 8.30. The summed E-state index contributed by atoms with van der Waals surface area (Å²) in [5, 5.41) is 1.09. The van der Waals surface area contributed by atoms with Crippen molar-refractivity contribution in [3.63, 3.8) is 0 Å². The smallest absolute Gasteiger partial charge is 0.309 e. The third-order valence-electron chi connectivity index (χ3n) is 6.65. The minimum atomic E-state index is -0.223. The summed E-state index contributed by atoms with van der Waals surface area (Å²) in [6, 6.07) is 10.5. The van der Waals surface area contributed by atoms with Crippen LogP contribution in [0.2, 0.25) is 0 Å². The predicted octanol–water partition coefficient (Wildman–Crippen LogP) is 4.13. The highest BCUT2D eigenvalue weighted by Crippen LogP contribution is 2.44. The van der Waals surface area contributed by atoms with Crippen molar-refractivity contribution in [2.45, 2.75) is 37.8 Å². The van der Waals surface area contributed by atoms with Crippen molar-refractivity contribution in [1.82, 2.24) is 9.88 Å². The number of ether oxygens (including phenoxy) is 1. The number of aromatic nitrogens is 1. The number of hydrogen-bond acceptors (Lipinski definition) is 4. The van der Waals surface area contributed by atoms with E-state index in [4.69, 9.17) is 4.74 Å². The van der Waals surface area contributed by atoms with Gasteiger partial charge >= 0.3 is 5.97 Å². The second kappa shape index (κ2) is 6.75. The highest BCUT2D eigenvalue weighted by Gasteiger charge is 2.45. The second-order valence-electron chi connectivity index (χ2n) is 8.30. The molecule has 2 bridgehead atoms. The monoisotopic (exact) mass is 362 g/mol. The lowest BCUT2D eigenvalue weighted by Gasteiger charge is -2.51. The highest BCUT2D eigenvalue weighted by atomic mass is 16.5. The van der Waals surface area contributed by atoms with Gasteiger partial charge in [-0.15, -0.1) is 6.58 Å². The van der Waals surface area contributed by atoms with E-state index in [1.165, 1.54) is 6.42 Å². The van der Waals surface area contributed by atoms with Gasteiger partial charge in [0.15, 0.2) is 0 Å². The Hall–Kier alpha value is -2.20. The van der Waals surface area contributed by atoms with Crippen LogP contribution in [0, 0.1) is 17.8 Å². The number of benzene rings is 1. The van der Waals surface area contributed by atoms with E-state index in [0.29, 0.717) is 11.8 Å². The Bertz CT molecular complexity index is 870. The van der Waals surface area contributed by atoms with Gasteiger partial charge in [-0.2, -0.15) is 0 Å². The molecule has 0 amide bonds. The van der Waals surface area contributed by atoms with Crippen molar-refractivity contribution < 1.29 is 9.53 Å². The van der Waals surface area contributed by atoms with Crippen LogP contribution in [-0.2, 0) is 9.53 Å². The van der Waals surface area contributed by atoms with E-state index in [0.717, 1.165) is 48.8 Å². The maximum atomic E-state index is 12.6. The molecule has 4 heterocycles. The molecule has 3 saturated heterocycles. The molecule has 1 unspecified atom stereocenters. The first-order valence-electron chi connectivity index (χ1n) is 10.2. The Morgan fingerprint density at radius 2 is 2.11 bits per heavy atom. The topological polar surface area (TPSA) is 42.4 Å². The highest BCUT2D eigenvalue weighted by molar-refractivity contribution is 5.83. The molecule has 1 saturated carbocycles. The van der Waals surface area contributed by atoms with Crippen LogP contribution in [-0.4, -0.2) is 35.0 Å². The minimum absolute atomic E-state index is 0.0242. The molecule has 4 nitrogen and oxygen atoms in total. The maximum absolute atomic E-state index is 12.6. The Morgan fingerprint density at radius 1 is 1.26 bits per heavy atom. The average Bonchev–Trinajstić information content (AvgIpc) is 3.57. The number of carbonyl (C=O) groups excluding carboxylic acids is 1. The Morgan fingerprint density at radius 3 is 2.85 bits per heavy atom. The van der Waals surface area contributed by atoms with E-state index in [1.54, 1.807) is 0 Å². The zero-order valence-corrected chi connectivity index (χ0v) is 15.6.